The molecule has 0 aliphatic heterocycles. The fraction of sp³-hybridized carbons (Fsp3) is 0.0641. The Bertz CT molecular complexity index is 5490. The van der Waals surface area contributed by atoms with E-state index in [9.17, 15) is 9.90 Å². The number of anilines is 6. The van der Waals surface area contributed by atoms with Gasteiger partial charge in [0.1, 0.15) is 11.9 Å². The van der Waals surface area contributed by atoms with Crippen LogP contribution in [0.3, 0.4) is 0 Å². The van der Waals surface area contributed by atoms with Gasteiger partial charge in [0.25, 0.3) is 0 Å². The third kappa shape index (κ3) is 19.1. The largest absolute Gasteiger partial charge is 0.484 e. The Hall–Kier alpha value is -10.4. The van der Waals surface area contributed by atoms with Gasteiger partial charge in [-0.2, -0.15) is 0 Å². The van der Waals surface area contributed by atoms with Crippen molar-refractivity contribution >= 4 is 204 Å². The minimum Gasteiger partial charge on any atom is -0.484 e. The fourth-order valence-electron chi connectivity index (χ4n) is 10.7. The average molecular weight is 1510 g/mol. The van der Waals surface area contributed by atoms with Crippen LogP contribution in [0.25, 0.3) is 65.3 Å². The average Bonchev–Trinajstić information content (AvgIpc) is 0.811. The van der Waals surface area contributed by atoms with Crippen molar-refractivity contribution in [2.45, 2.75) is 19.6 Å². The number of rotatable bonds is 13. The second-order valence-electron chi connectivity index (χ2n) is 22.5. The second-order valence-corrected chi connectivity index (χ2v) is 25.9. The van der Waals surface area contributed by atoms with Crippen LogP contribution < -0.4 is 36.4 Å². The summed E-state index contributed by atoms with van der Waals surface area (Å²) in [4.78, 5) is 44.0. The van der Waals surface area contributed by atoms with Gasteiger partial charge in [-0.3, -0.25) is 45.7 Å². The summed E-state index contributed by atoms with van der Waals surface area (Å²) in [5.74, 6) is -0.195. The summed E-state index contributed by atoms with van der Waals surface area (Å²) >= 11 is 47.1. The lowest BCUT2D eigenvalue weighted by molar-refractivity contribution is 0.0698. The molecule has 102 heavy (non-hydrogen) atoms. The molecule has 15 aromatic rings. The molecule has 0 fully saturated rings. The number of pyridine rings is 7. The van der Waals surface area contributed by atoms with E-state index >= 15 is 0 Å². The Kier molecular flexibility index (Phi) is 24.8. The Morgan fingerprint density at radius 3 is 1.50 bits per heavy atom. The number of hydrogen-bond acceptors (Lipinski definition) is 14. The van der Waals surface area contributed by atoms with Gasteiger partial charge in [-0.1, -0.05) is 118 Å². The van der Waals surface area contributed by atoms with Crippen molar-refractivity contribution in [2.75, 3.05) is 40.4 Å². The zero-order chi connectivity index (χ0) is 71.7. The molecule has 1 atom stereocenters. The third-order valence-corrected chi connectivity index (χ3v) is 17.5. The summed E-state index contributed by atoms with van der Waals surface area (Å²) in [7, 11) is 3.95. The lowest BCUT2D eigenvalue weighted by Gasteiger charge is -2.20. The van der Waals surface area contributed by atoms with E-state index in [-0.39, 0.29) is 11.7 Å². The van der Waals surface area contributed by atoms with Crippen molar-refractivity contribution in [2.24, 2.45) is 0 Å². The van der Waals surface area contributed by atoms with Crippen LogP contribution >= 0.6 is 93.4 Å². The molecule has 7 aromatic heterocycles. The lowest BCUT2D eigenvalue weighted by atomic mass is 10.0. The predicted molar refractivity (Wildman–Crippen MR) is 427 cm³/mol. The molecule has 0 spiro atoms. The van der Waals surface area contributed by atoms with E-state index in [1.807, 2.05) is 190 Å². The number of fused-ring (bicyclic) bond motifs is 6. The minimum absolute atomic E-state index is 0.127. The highest BCUT2D eigenvalue weighted by Crippen LogP contribution is 2.35. The quantitative estimate of drug-likeness (QED) is 0.0470. The Balaban J connectivity index is 0.000000130. The van der Waals surface area contributed by atoms with Crippen molar-refractivity contribution in [3.8, 4) is 5.75 Å². The van der Waals surface area contributed by atoms with Gasteiger partial charge < -0.3 is 30.7 Å². The van der Waals surface area contributed by atoms with Crippen LogP contribution in [0.4, 0.5) is 34.1 Å². The molecular weight excluding hydrogens is 1450 g/mol. The normalized spacial score (nSPS) is 11.0. The molecule has 0 radical (unpaired) electrons. The molecule has 8 aromatic carbocycles. The lowest BCUT2D eigenvalue weighted by Crippen LogP contribution is -2.33. The zero-order valence-corrected chi connectivity index (χ0v) is 60.5. The smallest absolute Gasteiger partial charge is 0.337 e. The number of hydrogen-bond donors (Lipinski definition) is 6. The Morgan fingerprint density at radius 1 is 0.471 bits per heavy atom. The van der Waals surface area contributed by atoms with Gasteiger partial charge >= 0.3 is 5.97 Å². The minimum atomic E-state index is -0.977. The molecule has 15 rings (SSSR count). The van der Waals surface area contributed by atoms with E-state index in [2.05, 4.69) is 73.6 Å². The van der Waals surface area contributed by atoms with Crippen molar-refractivity contribution in [3.63, 3.8) is 0 Å². The maximum atomic E-state index is 11.7. The van der Waals surface area contributed by atoms with E-state index in [1.54, 1.807) is 79.5 Å². The number of thiocarbonyl (C=S) groups is 1. The topological polar surface area (TPSA) is 200 Å². The third-order valence-electron chi connectivity index (χ3n) is 15.6. The molecule has 0 saturated carbocycles. The highest BCUT2D eigenvalue weighted by Gasteiger charge is 2.16. The molecule has 0 aliphatic rings. The highest BCUT2D eigenvalue weighted by molar-refractivity contribution is 7.80. The number of halogens is 7. The zero-order valence-electron chi connectivity index (χ0n) is 54.4. The summed E-state index contributed by atoms with van der Waals surface area (Å²) in [6.07, 6.45) is 12.1. The maximum Gasteiger partial charge on any atom is 0.337 e. The van der Waals surface area contributed by atoms with Crippen LogP contribution in [0.5, 0.6) is 5.75 Å². The van der Waals surface area contributed by atoms with Crippen molar-refractivity contribution in [1.82, 2.24) is 40.3 Å². The van der Waals surface area contributed by atoms with E-state index in [0.717, 1.165) is 112 Å². The first-order chi connectivity index (χ1) is 49.4. The number of hydrazine groups is 1. The molecule has 16 nitrogen and oxygen atoms in total. The number of benzene rings is 8. The Morgan fingerprint density at radius 2 is 0.941 bits per heavy atom. The number of carboxylic acid groups (broad SMARTS) is 1. The number of carbonyl (C=O) groups is 1. The molecular formula is C78H60Cl7N13O3S. The van der Waals surface area contributed by atoms with Crippen molar-refractivity contribution in [3.05, 3.63) is 308 Å². The van der Waals surface area contributed by atoms with E-state index in [0.29, 0.717) is 51.6 Å². The predicted octanol–water partition coefficient (Wildman–Crippen LogP) is 22.3. The molecule has 24 heteroatoms. The molecule has 510 valence electrons. The van der Waals surface area contributed by atoms with Crippen LogP contribution in [-0.2, 0) is 6.54 Å². The maximum absolute atomic E-state index is 11.7. The molecule has 6 N–H and O–H groups in total. The SMILES string of the molecule is CC(Oc1ccnc2cc(Cl)ccc12)c1ccccn1.CN(Cc1ccccn1)c1ccnc2cc(Cl)ccc12.CNc1ccnc2cc(Cl)ccc12.O=C(O)c1cc2ccccc2cc1Nc1ccnc2cc(Cl)ccc12.S=C(NNc1ccnc2cc(Cl)ccc12)Nc1ccc(Cl)cc1Cl. The van der Waals surface area contributed by atoms with Crippen molar-refractivity contribution < 1.29 is 14.6 Å². The summed E-state index contributed by atoms with van der Waals surface area (Å²) in [5, 5.41) is 30.4. The number of aromatic nitrogens is 7. The van der Waals surface area contributed by atoms with Gasteiger partial charge in [0.15, 0.2) is 5.11 Å². The summed E-state index contributed by atoms with van der Waals surface area (Å²) in [6.45, 7) is 2.73. The van der Waals surface area contributed by atoms with Crippen molar-refractivity contribution in [1.29, 1.82) is 0 Å². The molecule has 7 heterocycles. The van der Waals surface area contributed by atoms with Crippen LogP contribution in [0.15, 0.2) is 256 Å². The molecule has 0 aliphatic carbocycles. The van der Waals surface area contributed by atoms with Gasteiger partial charge in [0, 0.05) is 132 Å². The monoisotopic (exact) mass is 1500 g/mol. The standard InChI is InChI=1S/C20H13ClN2O2.C16H11Cl3N4S.C16H14ClN3.C16H13ClN2O.C10H9ClN2/c21-14-5-6-15-17(7-8-22-18(15)11-14)23-19-10-13-4-2-1-3-12(13)9-16(19)20(24)25;17-9-2-4-14(12(19)7-9)21-16(24)23-22-13-5-6-20-15-8-10(18)1-3-11(13)15;1-20(11-13-4-2-3-8-18-13)16-7-9-19-15-10-12(17)5-6-14(15)16;1-11(14-4-2-3-8-18-14)20-16-7-9-19-15-10-12(17)5-6-13(15)16;1-12-9-4-5-13-10-6-7(11)2-3-8(9)10/h1-11H,(H,22,23)(H,24,25);1-8H,(H,20,22)(H2,21,23,24);2-10H,11H2,1H3;2-11H,1H3;2-6H,1H3,(H,12,13). The molecule has 0 saturated heterocycles. The van der Waals surface area contributed by atoms with Gasteiger partial charge in [-0.05, 0) is 206 Å². The van der Waals surface area contributed by atoms with E-state index in [4.69, 9.17) is 98.2 Å². The van der Waals surface area contributed by atoms with E-state index in [1.165, 1.54) is 0 Å². The van der Waals surface area contributed by atoms with E-state index < -0.39 is 5.97 Å². The second kappa shape index (κ2) is 34.8. The van der Waals surface area contributed by atoms with Gasteiger partial charge in [0.2, 0.25) is 0 Å². The molecule has 1 unspecified atom stereocenters. The number of nitrogens with zero attached hydrogens (tertiary/aromatic N) is 8. The summed E-state index contributed by atoms with van der Waals surface area (Å²) in [5.41, 5.74) is 17.3. The summed E-state index contributed by atoms with van der Waals surface area (Å²) < 4.78 is 6.01. The van der Waals surface area contributed by atoms with Gasteiger partial charge in [0.05, 0.1) is 73.2 Å². The molecule has 0 bridgehead atoms. The Labute approximate surface area is 627 Å². The summed E-state index contributed by atoms with van der Waals surface area (Å²) in [6, 6.07) is 65.5. The molecule has 0 amide bonds. The van der Waals surface area contributed by atoms with Crippen LogP contribution in [-0.4, -0.2) is 65.2 Å². The first-order valence-corrected chi connectivity index (χ1v) is 34.4. The first kappa shape index (κ1) is 72.8. The van der Waals surface area contributed by atoms with Crippen LogP contribution in [0, 0.1) is 0 Å². The number of carboxylic acids is 1. The van der Waals surface area contributed by atoms with Gasteiger partial charge in [-0.25, -0.2) is 4.79 Å². The fourth-order valence-corrected chi connectivity index (χ4v) is 12.1. The van der Waals surface area contributed by atoms with Crippen LogP contribution in [0.2, 0.25) is 35.2 Å². The number of ether oxygens (including phenoxy) is 1. The number of aromatic carboxylic acids is 1. The van der Waals surface area contributed by atoms with Crippen LogP contribution in [0.1, 0.15) is 34.8 Å². The first-order valence-electron chi connectivity index (χ1n) is 31.3. The number of nitrogens with one attached hydrogen (secondary N) is 5. The van der Waals surface area contributed by atoms with Gasteiger partial charge in [-0.15, -0.1) is 0 Å². The highest BCUT2D eigenvalue weighted by atomic mass is 35.5.